The Balaban J connectivity index is 2.42. The predicted molar refractivity (Wildman–Crippen MR) is 101 cm³/mol. The first-order valence-electron chi connectivity index (χ1n) is 7.02. The van der Waals surface area contributed by atoms with Crippen molar-refractivity contribution in [2.45, 2.75) is 0 Å². The third kappa shape index (κ3) is 4.36. The summed E-state index contributed by atoms with van der Waals surface area (Å²) in [6.07, 6.45) is 1.07. The Labute approximate surface area is 156 Å². The molecule has 1 amide bonds. The quantitative estimate of drug-likeness (QED) is 0.827. The van der Waals surface area contributed by atoms with Gasteiger partial charge in [0, 0.05) is 7.05 Å². The molecular weight excluding hydrogens is 387 g/mol. The Morgan fingerprint density at radius 3 is 2.48 bits per heavy atom. The predicted octanol–water partition coefficient (Wildman–Crippen LogP) is 3.65. The van der Waals surface area contributed by atoms with E-state index in [1.165, 1.54) is 26.3 Å². The molecule has 9 heteroatoms. The van der Waals surface area contributed by atoms with E-state index in [2.05, 4.69) is 5.32 Å². The van der Waals surface area contributed by atoms with E-state index >= 15 is 0 Å². The molecule has 0 heterocycles. The highest BCUT2D eigenvalue weighted by atomic mass is 35.5. The van der Waals surface area contributed by atoms with Crippen LogP contribution >= 0.6 is 23.2 Å². The lowest BCUT2D eigenvalue weighted by Crippen LogP contribution is -2.25. The van der Waals surface area contributed by atoms with Crippen LogP contribution in [0.4, 0.5) is 11.4 Å². The minimum Gasteiger partial charge on any atom is -0.496 e. The van der Waals surface area contributed by atoms with Gasteiger partial charge in [-0.15, -0.1) is 0 Å². The lowest BCUT2D eigenvalue weighted by Gasteiger charge is -2.19. The summed E-state index contributed by atoms with van der Waals surface area (Å²) in [5.41, 5.74) is 0.820. The van der Waals surface area contributed by atoms with Crippen LogP contribution in [0.1, 0.15) is 10.4 Å². The van der Waals surface area contributed by atoms with Gasteiger partial charge in [0.25, 0.3) is 5.91 Å². The van der Waals surface area contributed by atoms with Gasteiger partial charge in [0.2, 0.25) is 10.0 Å². The molecule has 0 atom stereocenters. The molecule has 25 heavy (non-hydrogen) atoms. The number of hydrogen-bond donors (Lipinski definition) is 1. The number of rotatable bonds is 5. The Bertz CT molecular complexity index is 916. The number of ether oxygens (including phenoxy) is 1. The van der Waals surface area contributed by atoms with Crippen LogP contribution in [-0.2, 0) is 10.0 Å². The van der Waals surface area contributed by atoms with Gasteiger partial charge in [0.1, 0.15) is 5.75 Å². The zero-order valence-corrected chi connectivity index (χ0v) is 16.0. The number of benzene rings is 2. The number of nitrogens with zero attached hydrogens (tertiary/aromatic N) is 1. The third-order valence-electron chi connectivity index (χ3n) is 3.49. The van der Waals surface area contributed by atoms with Gasteiger partial charge in [0.05, 0.1) is 40.3 Å². The Hall–Kier alpha value is -1.96. The van der Waals surface area contributed by atoms with Crippen molar-refractivity contribution >= 4 is 50.5 Å². The summed E-state index contributed by atoms with van der Waals surface area (Å²) in [5, 5.41) is 3.16. The zero-order chi connectivity index (χ0) is 18.8. The first kappa shape index (κ1) is 19.4. The molecule has 0 aliphatic rings. The first-order chi connectivity index (χ1) is 11.6. The summed E-state index contributed by atoms with van der Waals surface area (Å²) < 4.78 is 29.7. The molecule has 0 aliphatic heterocycles. The summed E-state index contributed by atoms with van der Waals surface area (Å²) in [7, 11) is -0.656. The van der Waals surface area contributed by atoms with Crippen molar-refractivity contribution in [3.05, 3.63) is 52.0 Å². The molecule has 0 saturated heterocycles. The summed E-state index contributed by atoms with van der Waals surface area (Å²) in [6.45, 7) is 0. The van der Waals surface area contributed by atoms with Gasteiger partial charge < -0.3 is 10.1 Å². The van der Waals surface area contributed by atoms with E-state index < -0.39 is 15.9 Å². The molecule has 6 nitrogen and oxygen atoms in total. The van der Waals surface area contributed by atoms with Gasteiger partial charge in [-0.05, 0) is 30.3 Å². The van der Waals surface area contributed by atoms with Crippen LogP contribution in [0.15, 0.2) is 36.4 Å². The first-order valence-corrected chi connectivity index (χ1v) is 9.63. The molecule has 2 aromatic carbocycles. The molecule has 1 N–H and O–H groups in total. The molecule has 0 unspecified atom stereocenters. The van der Waals surface area contributed by atoms with E-state index in [0.717, 1.165) is 10.6 Å². The average Bonchev–Trinajstić information content (AvgIpc) is 2.56. The van der Waals surface area contributed by atoms with Gasteiger partial charge in [-0.1, -0.05) is 29.3 Å². The molecule has 2 aromatic rings. The van der Waals surface area contributed by atoms with Crippen molar-refractivity contribution in [3.63, 3.8) is 0 Å². The number of amides is 1. The van der Waals surface area contributed by atoms with Gasteiger partial charge in [-0.2, -0.15) is 0 Å². The van der Waals surface area contributed by atoms with Crippen LogP contribution in [-0.4, -0.2) is 34.7 Å². The average molecular weight is 403 g/mol. The molecular formula is C16H16Cl2N2O4S. The minimum absolute atomic E-state index is 0.159. The van der Waals surface area contributed by atoms with Crippen molar-refractivity contribution in [1.29, 1.82) is 0 Å². The smallest absolute Gasteiger partial charge is 0.259 e. The van der Waals surface area contributed by atoms with E-state index in [-0.39, 0.29) is 10.6 Å². The second-order valence-electron chi connectivity index (χ2n) is 5.17. The highest BCUT2D eigenvalue weighted by Crippen LogP contribution is 2.31. The number of carbonyl (C=O) groups is 1. The maximum Gasteiger partial charge on any atom is 0.259 e. The SMILES string of the molecule is COc1ccc(N(C)S(C)(=O)=O)cc1C(=O)Nc1cccc(Cl)c1Cl. The van der Waals surface area contributed by atoms with Crippen molar-refractivity contribution in [1.82, 2.24) is 0 Å². The second kappa shape index (κ2) is 7.51. The Morgan fingerprint density at radius 2 is 1.88 bits per heavy atom. The van der Waals surface area contributed by atoms with Crippen LogP contribution in [0.2, 0.25) is 10.0 Å². The van der Waals surface area contributed by atoms with E-state index in [1.54, 1.807) is 24.3 Å². The fraction of sp³-hybridized carbons (Fsp3) is 0.188. The van der Waals surface area contributed by atoms with Crippen molar-refractivity contribution in [2.24, 2.45) is 0 Å². The second-order valence-corrected chi connectivity index (χ2v) is 7.97. The number of methoxy groups -OCH3 is 1. The number of anilines is 2. The normalized spacial score (nSPS) is 11.1. The standard InChI is InChI=1S/C16H16Cl2N2O4S/c1-20(25(3,22)23)10-7-8-14(24-2)11(9-10)16(21)19-13-6-4-5-12(17)15(13)18/h4-9H,1-3H3,(H,19,21). The summed E-state index contributed by atoms with van der Waals surface area (Å²) in [4.78, 5) is 12.6. The number of halogens is 2. The summed E-state index contributed by atoms with van der Waals surface area (Å²) in [6, 6.07) is 9.34. The highest BCUT2D eigenvalue weighted by molar-refractivity contribution is 7.92. The van der Waals surface area contributed by atoms with Gasteiger partial charge >= 0.3 is 0 Å². The molecule has 0 fully saturated rings. The molecule has 0 aromatic heterocycles. The summed E-state index contributed by atoms with van der Waals surface area (Å²) >= 11 is 12.0. The van der Waals surface area contributed by atoms with Crippen LogP contribution < -0.4 is 14.4 Å². The largest absolute Gasteiger partial charge is 0.496 e. The molecule has 0 bridgehead atoms. The number of hydrogen-bond acceptors (Lipinski definition) is 4. The Kier molecular flexibility index (Phi) is 5.82. The van der Waals surface area contributed by atoms with Gasteiger partial charge in [-0.25, -0.2) is 8.42 Å². The van der Waals surface area contributed by atoms with Crippen molar-refractivity contribution < 1.29 is 17.9 Å². The maximum atomic E-state index is 12.6. The fourth-order valence-electron chi connectivity index (χ4n) is 2.05. The summed E-state index contributed by atoms with van der Waals surface area (Å²) in [5.74, 6) is -0.217. The van der Waals surface area contributed by atoms with E-state index in [0.29, 0.717) is 22.1 Å². The topological polar surface area (TPSA) is 75.7 Å². The van der Waals surface area contributed by atoms with Gasteiger partial charge in [-0.3, -0.25) is 9.10 Å². The third-order valence-corrected chi connectivity index (χ3v) is 5.51. The Morgan fingerprint density at radius 1 is 1.20 bits per heavy atom. The number of sulfonamides is 1. The number of carbonyl (C=O) groups excluding carboxylic acids is 1. The molecule has 0 spiro atoms. The minimum atomic E-state index is -3.47. The molecule has 0 radical (unpaired) electrons. The number of nitrogens with one attached hydrogen (secondary N) is 1. The van der Waals surface area contributed by atoms with Crippen molar-refractivity contribution in [2.75, 3.05) is 30.0 Å². The lowest BCUT2D eigenvalue weighted by molar-refractivity contribution is 0.102. The fourth-order valence-corrected chi connectivity index (χ4v) is 2.90. The van der Waals surface area contributed by atoms with Crippen molar-refractivity contribution in [3.8, 4) is 5.75 Å². The zero-order valence-electron chi connectivity index (χ0n) is 13.7. The van der Waals surface area contributed by atoms with Gasteiger partial charge in [0.15, 0.2) is 0 Å². The molecule has 134 valence electrons. The van der Waals surface area contributed by atoms with E-state index in [1.807, 2.05) is 0 Å². The van der Waals surface area contributed by atoms with Crippen LogP contribution in [0.25, 0.3) is 0 Å². The van der Waals surface area contributed by atoms with Crippen LogP contribution in [0, 0.1) is 0 Å². The van der Waals surface area contributed by atoms with E-state index in [4.69, 9.17) is 27.9 Å². The molecule has 2 rings (SSSR count). The van der Waals surface area contributed by atoms with E-state index in [9.17, 15) is 13.2 Å². The van der Waals surface area contributed by atoms with Crippen LogP contribution in [0.3, 0.4) is 0 Å². The maximum absolute atomic E-state index is 12.6. The molecule has 0 aliphatic carbocycles. The van der Waals surface area contributed by atoms with Crippen LogP contribution in [0.5, 0.6) is 5.75 Å². The highest BCUT2D eigenvalue weighted by Gasteiger charge is 2.19. The molecule has 0 saturated carbocycles. The lowest BCUT2D eigenvalue weighted by atomic mass is 10.1. The monoisotopic (exact) mass is 402 g/mol.